The minimum Gasteiger partial charge on any atom is -0.390 e. The second-order valence-corrected chi connectivity index (χ2v) is 8.15. The number of benzene rings is 1. The number of nitrogens with zero attached hydrogens (tertiary/aromatic N) is 2. The lowest BCUT2D eigenvalue weighted by Gasteiger charge is -2.40. The highest BCUT2D eigenvalue weighted by molar-refractivity contribution is 6.08. The molecule has 1 aromatic carbocycles. The summed E-state index contributed by atoms with van der Waals surface area (Å²) in [6, 6.07) is 9.80. The maximum atomic E-state index is 13.2. The van der Waals surface area contributed by atoms with Crippen LogP contribution in [0.2, 0.25) is 0 Å². The average molecular weight is 398 g/mol. The predicted octanol–water partition coefficient (Wildman–Crippen LogP) is 3.57. The normalized spacial score (nSPS) is 23.6. The van der Waals surface area contributed by atoms with Crippen molar-refractivity contribution in [2.45, 2.75) is 52.5 Å². The van der Waals surface area contributed by atoms with E-state index >= 15 is 0 Å². The molecule has 29 heavy (non-hydrogen) atoms. The molecule has 5 heteroatoms. The maximum Gasteiger partial charge on any atom is 0.258 e. The molecule has 0 radical (unpaired) electrons. The lowest BCUT2D eigenvalue weighted by atomic mass is 9.72. The van der Waals surface area contributed by atoms with E-state index in [9.17, 15) is 9.59 Å². The Morgan fingerprint density at radius 1 is 1.07 bits per heavy atom. The molecule has 5 nitrogen and oxygen atoms in total. The van der Waals surface area contributed by atoms with Crippen molar-refractivity contribution in [3.63, 3.8) is 0 Å². The predicted molar refractivity (Wildman–Crippen MR) is 116 cm³/mol. The topological polar surface area (TPSA) is 52.7 Å². The number of amides is 2. The number of hydrogen-bond donors (Lipinski definition) is 1. The molecule has 158 valence electrons. The Bertz CT molecular complexity index is 712. The van der Waals surface area contributed by atoms with Crippen molar-refractivity contribution in [3.05, 3.63) is 47.7 Å². The quantitative estimate of drug-likeness (QED) is 0.393. The third-order valence-electron chi connectivity index (χ3n) is 6.37. The van der Waals surface area contributed by atoms with Crippen LogP contribution in [0.25, 0.3) is 0 Å². The second-order valence-electron chi connectivity index (χ2n) is 8.15. The Balaban J connectivity index is 1.69. The molecule has 1 saturated carbocycles. The maximum absolute atomic E-state index is 13.2. The van der Waals surface area contributed by atoms with E-state index in [1.54, 1.807) is 0 Å². The smallest absolute Gasteiger partial charge is 0.258 e. The summed E-state index contributed by atoms with van der Waals surface area (Å²) in [4.78, 5) is 30.2. The van der Waals surface area contributed by atoms with Crippen LogP contribution in [0.4, 0.5) is 0 Å². The fourth-order valence-corrected chi connectivity index (χ4v) is 4.62. The first-order chi connectivity index (χ1) is 14.2. The van der Waals surface area contributed by atoms with E-state index < -0.39 is 0 Å². The Kier molecular flexibility index (Phi) is 7.87. The van der Waals surface area contributed by atoms with Crippen LogP contribution in [0.5, 0.6) is 0 Å². The minimum absolute atomic E-state index is 0.0160. The Hall–Kier alpha value is -2.14. The summed E-state index contributed by atoms with van der Waals surface area (Å²) >= 11 is 0. The molecule has 0 aromatic heterocycles. The summed E-state index contributed by atoms with van der Waals surface area (Å²) in [6.07, 6.45) is 6.96. The lowest BCUT2D eigenvalue weighted by molar-refractivity contribution is -0.152. The molecule has 1 N–H and O–H groups in total. The van der Waals surface area contributed by atoms with Gasteiger partial charge in [-0.3, -0.25) is 14.5 Å². The molecule has 3 rings (SSSR count). The molecule has 1 heterocycles. The number of piperidine rings is 1. The zero-order chi connectivity index (χ0) is 20.6. The molecule has 2 fully saturated rings. The lowest BCUT2D eigenvalue weighted by Crippen LogP contribution is -2.51. The van der Waals surface area contributed by atoms with Gasteiger partial charge in [0.25, 0.3) is 5.91 Å². The summed E-state index contributed by atoms with van der Waals surface area (Å²) in [5.74, 6) is -0.0691. The molecule has 0 spiro atoms. The van der Waals surface area contributed by atoms with Crippen LogP contribution in [0, 0.1) is 11.8 Å². The Labute approximate surface area is 175 Å². The largest absolute Gasteiger partial charge is 0.390 e. The van der Waals surface area contributed by atoms with E-state index in [0.29, 0.717) is 6.54 Å². The highest BCUT2D eigenvalue weighted by Gasteiger charge is 2.45. The van der Waals surface area contributed by atoms with Crippen molar-refractivity contribution in [1.29, 1.82) is 0 Å². The molecule has 2 amide bonds. The molecule has 1 aromatic rings. The van der Waals surface area contributed by atoms with Gasteiger partial charge in [0, 0.05) is 30.2 Å². The molecule has 0 bridgehead atoms. The zero-order valence-corrected chi connectivity index (χ0v) is 17.9. The van der Waals surface area contributed by atoms with Crippen molar-refractivity contribution in [2.75, 3.05) is 26.2 Å². The van der Waals surface area contributed by atoms with E-state index in [0.717, 1.165) is 69.4 Å². The first-order valence-corrected chi connectivity index (χ1v) is 11.2. The standard InChI is InChI=1S/C24H35N3O2/c1-3-26(4-2)16-10-15-25-17-22-20-13-8-9-14-21(20)23(28)27(24(22)29)18-19-11-6-5-7-12-19/h5-7,11-12,17,20-21,25H,3-4,8-10,13-16,18H2,1-2H3/b22-17+. The third-order valence-corrected chi connectivity index (χ3v) is 6.37. The van der Waals surface area contributed by atoms with Gasteiger partial charge in [0.1, 0.15) is 0 Å². The summed E-state index contributed by atoms with van der Waals surface area (Å²) in [5.41, 5.74) is 1.79. The second kappa shape index (κ2) is 10.6. The number of rotatable bonds is 9. The summed E-state index contributed by atoms with van der Waals surface area (Å²) in [5, 5.41) is 3.37. The van der Waals surface area contributed by atoms with Gasteiger partial charge in [-0.1, -0.05) is 57.0 Å². The van der Waals surface area contributed by atoms with Gasteiger partial charge < -0.3 is 10.2 Å². The number of carbonyl (C=O) groups excluding carboxylic acids is 2. The van der Waals surface area contributed by atoms with Gasteiger partial charge >= 0.3 is 0 Å². The molecule has 1 saturated heterocycles. The highest BCUT2D eigenvalue weighted by atomic mass is 16.2. The number of hydrogen-bond acceptors (Lipinski definition) is 4. The van der Waals surface area contributed by atoms with Crippen LogP contribution in [0.3, 0.4) is 0 Å². The Morgan fingerprint density at radius 2 is 1.76 bits per heavy atom. The molecular weight excluding hydrogens is 362 g/mol. The van der Waals surface area contributed by atoms with Gasteiger partial charge in [-0.25, -0.2) is 0 Å². The average Bonchev–Trinajstić information content (AvgIpc) is 2.76. The molecular formula is C24H35N3O2. The number of carbonyl (C=O) groups is 2. The van der Waals surface area contributed by atoms with Gasteiger partial charge in [-0.2, -0.15) is 0 Å². The van der Waals surface area contributed by atoms with E-state index in [2.05, 4.69) is 24.1 Å². The highest BCUT2D eigenvalue weighted by Crippen LogP contribution is 2.40. The first kappa shape index (κ1) is 21.6. The van der Waals surface area contributed by atoms with Crippen LogP contribution < -0.4 is 5.32 Å². The van der Waals surface area contributed by atoms with E-state index in [1.165, 1.54) is 4.90 Å². The van der Waals surface area contributed by atoms with Gasteiger partial charge in [0.2, 0.25) is 5.91 Å². The van der Waals surface area contributed by atoms with Gasteiger partial charge in [-0.05, 0) is 44.5 Å². The third kappa shape index (κ3) is 5.27. The minimum atomic E-state index is -0.113. The van der Waals surface area contributed by atoms with Crippen LogP contribution in [-0.4, -0.2) is 47.8 Å². The molecule has 2 unspecified atom stereocenters. The van der Waals surface area contributed by atoms with Crippen molar-refractivity contribution in [2.24, 2.45) is 11.8 Å². The Morgan fingerprint density at radius 3 is 2.45 bits per heavy atom. The SMILES string of the molecule is CCN(CC)CCCN/C=C1/C(=O)N(Cc2ccccc2)C(=O)C2CCCCC12. The first-order valence-electron chi connectivity index (χ1n) is 11.2. The summed E-state index contributed by atoms with van der Waals surface area (Å²) in [6.45, 7) is 8.76. The molecule has 1 aliphatic heterocycles. The summed E-state index contributed by atoms with van der Waals surface area (Å²) < 4.78 is 0. The van der Waals surface area contributed by atoms with E-state index in [1.807, 2.05) is 36.5 Å². The van der Waals surface area contributed by atoms with Gasteiger partial charge in [-0.15, -0.1) is 0 Å². The summed E-state index contributed by atoms with van der Waals surface area (Å²) in [7, 11) is 0. The van der Waals surface area contributed by atoms with Crippen molar-refractivity contribution < 1.29 is 9.59 Å². The van der Waals surface area contributed by atoms with E-state index in [-0.39, 0.29) is 23.7 Å². The van der Waals surface area contributed by atoms with Crippen LogP contribution in [-0.2, 0) is 16.1 Å². The van der Waals surface area contributed by atoms with Crippen LogP contribution >= 0.6 is 0 Å². The number of fused-ring (bicyclic) bond motifs is 1. The van der Waals surface area contributed by atoms with Crippen LogP contribution in [0.15, 0.2) is 42.1 Å². The fraction of sp³-hybridized carbons (Fsp3) is 0.583. The number of imide groups is 1. The van der Waals surface area contributed by atoms with Gasteiger partial charge in [0.05, 0.1) is 6.54 Å². The number of nitrogens with one attached hydrogen (secondary N) is 1. The monoisotopic (exact) mass is 397 g/mol. The molecule has 1 aliphatic carbocycles. The van der Waals surface area contributed by atoms with Crippen molar-refractivity contribution in [3.8, 4) is 0 Å². The van der Waals surface area contributed by atoms with E-state index in [4.69, 9.17) is 0 Å². The van der Waals surface area contributed by atoms with Crippen LogP contribution in [0.1, 0.15) is 51.5 Å². The molecule has 2 atom stereocenters. The van der Waals surface area contributed by atoms with Crippen molar-refractivity contribution >= 4 is 11.8 Å². The van der Waals surface area contributed by atoms with Gasteiger partial charge in [0.15, 0.2) is 0 Å². The van der Waals surface area contributed by atoms with Crippen molar-refractivity contribution in [1.82, 2.24) is 15.1 Å². The molecule has 2 aliphatic rings. The fourth-order valence-electron chi connectivity index (χ4n) is 4.62. The number of likely N-dealkylation sites (tertiary alicyclic amines) is 1. The zero-order valence-electron chi connectivity index (χ0n) is 17.9.